The summed E-state index contributed by atoms with van der Waals surface area (Å²) in [6, 6.07) is 0.694. The minimum absolute atomic E-state index is 0.694. The molecule has 2 nitrogen and oxygen atoms in total. The van der Waals surface area contributed by atoms with Crippen LogP contribution < -0.4 is 5.32 Å². The van der Waals surface area contributed by atoms with Gasteiger partial charge >= 0.3 is 0 Å². The fourth-order valence-corrected chi connectivity index (χ4v) is 2.23. The van der Waals surface area contributed by atoms with Gasteiger partial charge in [-0.15, -0.1) is 0 Å². The lowest BCUT2D eigenvalue weighted by atomic mass is 10.2. The van der Waals surface area contributed by atoms with E-state index in [1.54, 1.807) is 0 Å². The van der Waals surface area contributed by atoms with Crippen molar-refractivity contribution in [2.45, 2.75) is 46.1 Å². The summed E-state index contributed by atoms with van der Waals surface area (Å²) < 4.78 is 0. The molecule has 1 saturated heterocycles. The number of hydrogen-bond acceptors (Lipinski definition) is 2. The van der Waals surface area contributed by atoms with Crippen LogP contribution in [0.15, 0.2) is 0 Å². The van der Waals surface area contributed by atoms with Crippen molar-refractivity contribution in [2.24, 2.45) is 5.92 Å². The third-order valence-electron chi connectivity index (χ3n) is 3.15. The first-order valence-electron chi connectivity index (χ1n) is 6.18. The third kappa shape index (κ3) is 4.43. The molecule has 0 bridgehead atoms. The van der Waals surface area contributed by atoms with E-state index in [1.165, 1.54) is 38.9 Å². The number of nitrogens with zero attached hydrogens (tertiary/aromatic N) is 1. The average molecular weight is 198 g/mol. The van der Waals surface area contributed by atoms with Gasteiger partial charge in [-0.05, 0) is 32.2 Å². The maximum Gasteiger partial charge on any atom is 0.0107 e. The molecule has 0 amide bonds. The summed E-state index contributed by atoms with van der Waals surface area (Å²) in [5.74, 6) is 0.920. The third-order valence-corrected chi connectivity index (χ3v) is 3.15. The van der Waals surface area contributed by atoms with Gasteiger partial charge in [0.25, 0.3) is 0 Å². The zero-order valence-electron chi connectivity index (χ0n) is 10.1. The smallest absolute Gasteiger partial charge is 0.0107 e. The summed E-state index contributed by atoms with van der Waals surface area (Å²) in [6.07, 6.45) is 3.98. The molecule has 14 heavy (non-hydrogen) atoms. The highest BCUT2D eigenvalue weighted by Crippen LogP contribution is 2.13. The minimum atomic E-state index is 0.694. The molecule has 0 spiro atoms. The SMILES string of the molecule is CCCC(C)NCCN1CCC(C)C1. The van der Waals surface area contributed by atoms with Crippen molar-refractivity contribution in [1.29, 1.82) is 0 Å². The zero-order valence-corrected chi connectivity index (χ0v) is 10.1. The normalized spacial score (nSPS) is 25.5. The Morgan fingerprint density at radius 1 is 1.50 bits per heavy atom. The van der Waals surface area contributed by atoms with E-state index in [-0.39, 0.29) is 0 Å². The summed E-state index contributed by atoms with van der Waals surface area (Å²) in [6.45, 7) is 11.9. The Bertz CT molecular complexity index is 147. The molecule has 0 radical (unpaired) electrons. The first kappa shape index (κ1) is 12.0. The van der Waals surface area contributed by atoms with Gasteiger partial charge in [-0.25, -0.2) is 0 Å². The van der Waals surface area contributed by atoms with Crippen LogP contribution in [-0.2, 0) is 0 Å². The van der Waals surface area contributed by atoms with E-state index in [1.807, 2.05) is 0 Å². The molecule has 2 heteroatoms. The van der Waals surface area contributed by atoms with Crippen molar-refractivity contribution in [3.8, 4) is 0 Å². The van der Waals surface area contributed by atoms with E-state index in [4.69, 9.17) is 0 Å². The van der Waals surface area contributed by atoms with E-state index in [0.29, 0.717) is 6.04 Å². The predicted molar refractivity (Wildman–Crippen MR) is 62.6 cm³/mol. The molecule has 0 saturated carbocycles. The van der Waals surface area contributed by atoms with Crippen molar-refractivity contribution in [3.63, 3.8) is 0 Å². The van der Waals surface area contributed by atoms with E-state index in [2.05, 4.69) is 31.0 Å². The number of rotatable bonds is 6. The molecular weight excluding hydrogens is 172 g/mol. The summed E-state index contributed by atoms with van der Waals surface area (Å²) >= 11 is 0. The first-order valence-corrected chi connectivity index (χ1v) is 6.18. The summed E-state index contributed by atoms with van der Waals surface area (Å²) in [5, 5.41) is 3.58. The maximum atomic E-state index is 3.58. The van der Waals surface area contributed by atoms with Crippen LogP contribution in [-0.4, -0.2) is 37.1 Å². The molecule has 1 rings (SSSR count). The monoisotopic (exact) mass is 198 g/mol. The molecule has 0 aromatic heterocycles. The van der Waals surface area contributed by atoms with Crippen LogP contribution in [0.2, 0.25) is 0 Å². The van der Waals surface area contributed by atoms with E-state index < -0.39 is 0 Å². The van der Waals surface area contributed by atoms with Crippen LogP contribution >= 0.6 is 0 Å². The molecule has 1 aliphatic heterocycles. The second-order valence-electron chi connectivity index (χ2n) is 4.84. The van der Waals surface area contributed by atoms with Gasteiger partial charge < -0.3 is 10.2 Å². The van der Waals surface area contributed by atoms with Crippen molar-refractivity contribution in [2.75, 3.05) is 26.2 Å². The Labute approximate surface area is 89.1 Å². The van der Waals surface area contributed by atoms with E-state index in [9.17, 15) is 0 Å². The lowest BCUT2D eigenvalue weighted by Gasteiger charge is -2.18. The fourth-order valence-electron chi connectivity index (χ4n) is 2.23. The molecule has 1 aliphatic rings. The Balaban J connectivity index is 1.98. The molecule has 2 unspecified atom stereocenters. The van der Waals surface area contributed by atoms with E-state index in [0.717, 1.165) is 12.5 Å². The fraction of sp³-hybridized carbons (Fsp3) is 1.00. The first-order chi connectivity index (χ1) is 6.72. The Hall–Kier alpha value is -0.0800. The Morgan fingerprint density at radius 3 is 2.86 bits per heavy atom. The average Bonchev–Trinajstić information content (AvgIpc) is 2.52. The van der Waals surface area contributed by atoms with Gasteiger partial charge in [0.1, 0.15) is 0 Å². The minimum Gasteiger partial charge on any atom is -0.313 e. The van der Waals surface area contributed by atoms with Crippen molar-refractivity contribution < 1.29 is 0 Å². The molecule has 84 valence electrons. The maximum absolute atomic E-state index is 3.58. The molecular formula is C12H26N2. The van der Waals surface area contributed by atoms with Gasteiger partial charge in [0.15, 0.2) is 0 Å². The topological polar surface area (TPSA) is 15.3 Å². The lowest BCUT2D eigenvalue weighted by Crippen LogP contribution is -2.34. The van der Waals surface area contributed by atoms with Gasteiger partial charge in [-0.1, -0.05) is 20.3 Å². The van der Waals surface area contributed by atoms with Crippen LogP contribution in [0.4, 0.5) is 0 Å². The van der Waals surface area contributed by atoms with Gasteiger partial charge in [0.2, 0.25) is 0 Å². The van der Waals surface area contributed by atoms with E-state index >= 15 is 0 Å². The zero-order chi connectivity index (χ0) is 10.4. The lowest BCUT2D eigenvalue weighted by molar-refractivity contribution is 0.317. The van der Waals surface area contributed by atoms with Crippen molar-refractivity contribution in [1.82, 2.24) is 10.2 Å². The molecule has 1 heterocycles. The molecule has 2 atom stereocenters. The molecule has 1 fully saturated rings. The van der Waals surface area contributed by atoms with Gasteiger partial charge in [0.05, 0.1) is 0 Å². The number of nitrogens with one attached hydrogen (secondary N) is 1. The molecule has 1 N–H and O–H groups in total. The molecule has 0 aromatic carbocycles. The highest BCUT2D eigenvalue weighted by Gasteiger charge is 2.17. The number of hydrogen-bond donors (Lipinski definition) is 1. The summed E-state index contributed by atoms with van der Waals surface area (Å²) in [4.78, 5) is 2.58. The Kier molecular flexibility index (Phi) is 5.49. The summed E-state index contributed by atoms with van der Waals surface area (Å²) in [5.41, 5.74) is 0. The van der Waals surface area contributed by atoms with Gasteiger partial charge in [0, 0.05) is 25.7 Å². The quantitative estimate of drug-likeness (QED) is 0.703. The standard InChI is InChI=1S/C12H26N2/c1-4-5-12(3)13-7-9-14-8-6-11(2)10-14/h11-13H,4-10H2,1-3H3. The highest BCUT2D eigenvalue weighted by molar-refractivity contribution is 4.73. The van der Waals surface area contributed by atoms with Crippen molar-refractivity contribution in [3.05, 3.63) is 0 Å². The second kappa shape index (κ2) is 6.41. The summed E-state index contributed by atoms with van der Waals surface area (Å²) in [7, 11) is 0. The van der Waals surface area contributed by atoms with Crippen LogP contribution in [0.1, 0.15) is 40.0 Å². The molecule has 0 aliphatic carbocycles. The predicted octanol–water partition coefficient (Wildman–Crippen LogP) is 2.11. The van der Waals surface area contributed by atoms with Gasteiger partial charge in [-0.3, -0.25) is 0 Å². The van der Waals surface area contributed by atoms with Crippen LogP contribution in [0, 0.1) is 5.92 Å². The van der Waals surface area contributed by atoms with Crippen molar-refractivity contribution >= 4 is 0 Å². The van der Waals surface area contributed by atoms with Gasteiger partial charge in [-0.2, -0.15) is 0 Å². The van der Waals surface area contributed by atoms with Crippen LogP contribution in [0.3, 0.4) is 0 Å². The largest absolute Gasteiger partial charge is 0.313 e. The molecule has 0 aromatic rings. The van der Waals surface area contributed by atoms with Crippen LogP contribution in [0.5, 0.6) is 0 Å². The second-order valence-corrected chi connectivity index (χ2v) is 4.84. The highest BCUT2D eigenvalue weighted by atomic mass is 15.2. The Morgan fingerprint density at radius 2 is 2.29 bits per heavy atom. The van der Waals surface area contributed by atoms with Crippen LogP contribution in [0.25, 0.3) is 0 Å². The number of likely N-dealkylation sites (tertiary alicyclic amines) is 1.